The highest BCUT2D eigenvalue weighted by Crippen LogP contribution is 2.15. The SMILES string of the molecule is Cc1cc(C)cc(CC(Cc2ccc(F)cc2F)NN)c1. The monoisotopic (exact) mass is 290 g/mol. The summed E-state index contributed by atoms with van der Waals surface area (Å²) in [6, 6.07) is 9.83. The van der Waals surface area contributed by atoms with Crippen LogP contribution in [-0.2, 0) is 12.8 Å². The molecule has 1 unspecified atom stereocenters. The van der Waals surface area contributed by atoms with Gasteiger partial charge in [0.1, 0.15) is 11.6 Å². The fraction of sp³-hybridized carbons (Fsp3) is 0.294. The summed E-state index contributed by atoms with van der Waals surface area (Å²) in [5.74, 6) is 4.48. The van der Waals surface area contributed by atoms with E-state index < -0.39 is 11.6 Å². The van der Waals surface area contributed by atoms with E-state index in [-0.39, 0.29) is 6.04 Å². The number of halogens is 2. The number of hydrazine groups is 1. The summed E-state index contributed by atoms with van der Waals surface area (Å²) in [7, 11) is 0. The van der Waals surface area contributed by atoms with Gasteiger partial charge >= 0.3 is 0 Å². The van der Waals surface area contributed by atoms with Gasteiger partial charge in [-0.3, -0.25) is 11.3 Å². The summed E-state index contributed by atoms with van der Waals surface area (Å²) in [4.78, 5) is 0. The molecule has 0 fully saturated rings. The molecule has 112 valence electrons. The van der Waals surface area contributed by atoms with E-state index in [1.807, 2.05) is 13.8 Å². The second-order valence-corrected chi connectivity index (χ2v) is 5.50. The maximum Gasteiger partial charge on any atom is 0.129 e. The Morgan fingerprint density at radius 2 is 1.67 bits per heavy atom. The van der Waals surface area contributed by atoms with Gasteiger partial charge in [-0.25, -0.2) is 8.78 Å². The highest BCUT2D eigenvalue weighted by Gasteiger charge is 2.13. The predicted molar refractivity (Wildman–Crippen MR) is 80.8 cm³/mol. The first-order valence-electron chi connectivity index (χ1n) is 6.95. The van der Waals surface area contributed by atoms with Crippen molar-refractivity contribution in [2.24, 2.45) is 5.84 Å². The normalized spacial score (nSPS) is 12.4. The topological polar surface area (TPSA) is 38.0 Å². The van der Waals surface area contributed by atoms with Crippen molar-refractivity contribution in [3.8, 4) is 0 Å². The molecule has 21 heavy (non-hydrogen) atoms. The van der Waals surface area contributed by atoms with Gasteiger partial charge in [0.2, 0.25) is 0 Å². The first kappa shape index (κ1) is 15.6. The number of aryl methyl sites for hydroxylation is 2. The Labute approximate surface area is 124 Å². The first-order chi connectivity index (χ1) is 9.97. The van der Waals surface area contributed by atoms with Crippen LogP contribution in [0, 0.1) is 25.5 Å². The average molecular weight is 290 g/mol. The highest BCUT2D eigenvalue weighted by molar-refractivity contribution is 5.29. The van der Waals surface area contributed by atoms with Crippen molar-refractivity contribution in [1.82, 2.24) is 5.43 Å². The van der Waals surface area contributed by atoms with E-state index in [1.165, 1.54) is 23.3 Å². The Bertz CT molecular complexity index is 606. The molecule has 0 aliphatic rings. The minimum atomic E-state index is -0.567. The largest absolute Gasteiger partial charge is 0.271 e. The van der Waals surface area contributed by atoms with Gasteiger partial charge in [-0.1, -0.05) is 35.4 Å². The smallest absolute Gasteiger partial charge is 0.129 e. The zero-order valence-corrected chi connectivity index (χ0v) is 12.3. The number of benzene rings is 2. The zero-order chi connectivity index (χ0) is 15.4. The molecule has 0 radical (unpaired) electrons. The van der Waals surface area contributed by atoms with Crippen molar-refractivity contribution in [1.29, 1.82) is 0 Å². The first-order valence-corrected chi connectivity index (χ1v) is 6.95. The molecule has 0 saturated carbocycles. The molecule has 0 aliphatic heterocycles. The fourth-order valence-corrected chi connectivity index (χ4v) is 2.61. The van der Waals surface area contributed by atoms with Gasteiger partial charge in [0.25, 0.3) is 0 Å². The van der Waals surface area contributed by atoms with Crippen LogP contribution in [0.4, 0.5) is 8.78 Å². The average Bonchev–Trinajstić information content (AvgIpc) is 2.39. The van der Waals surface area contributed by atoms with Crippen LogP contribution in [0.25, 0.3) is 0 Å². The molecule has 0 aliphatic carbocycles. The molecule has 4 heteroatoms. The van der Waals surface area contributed by atoms with Crippen LogP contribution in [-0.4, -0.2) is 6.04 Å². The molecule has 0 aromatic heterocycles. The molecule has 0 saturated heterocycles. The van der Waals surface area contributed by atoms with Crippen molar-refractivity contribution in [2.45, 2.75) is 32.7 Å². The molecule has 0 spiro atoms. The van der Waals surface area contributed by atoms with Crippen LogP contribution < -0.4 is 11.3 Å². The molecule has 2 nitrogen and oxygen atoms in total. The van der Waals surface area contributed by atoms with E-state index in [0.29, 0.717) is 18.4 Å². The van der Waals surface area contributed by atoms with Crippen molar-refractivity contribution in [3.63, 3.8) is 0 Å². The summed E-state index contributed by atoms with van der Waals surface area (Å²) in [6.45, 7) is 4.09. The van der Waals surface area contributed by atoms with Gasteiger partial charge in [-0.2, -0.15) is 0 Å². The molecule has 1 atom stereocenters. The third-order valence-corrected chi connectivity index (χ3v) is 3.48. The molecule has 2 aromatic rings. The second-order valence-electron chi connectivity index (χ2n) is 5.50. The highest BCUT2D eigenvalue weighted by atomic mass is 19.1. The number of rotatable bonds is 5. The number of nitrogens with one attached hydrogen (secondary N) is 1. The van der Waals surface area contributed by atoms with Crippen LogP contribution in [0.1, 0.15) is 22.3 Å². The number of hydrogen-bond acceptors (Lipinski definition) is 2. The molecule has 2 aromatic carbocycles. The van der Waals surface area contributed by atoms with Crippen molar-refractivity contribution in [3.05, 3.63) is 70.3 Å². The lowest BCUT2D eigenvalue weighted by Gasteiger charge is -2.17. The maximum absolute atomic E-state index is 13.7. The molecular weight excluding hydrogens is 270 g/mol. The van der Waals surface area contributed by atoms with Gasteiger partial charge < -0.3 is 0 Å². The summed E-state index contributed by atoms with van der Waals surface area (Å²) < 4.78 is 26.6. The van der Waals surface area contributed by atoms with E-state index in [0.717, 1.165) is 11.6 Å². The second kappa shape index (κ2) is 6.78. The van der Waals surface area contributed by atoms with Crippen LogP contribution in [0.2, 0.25) is 0 Å². The third-order valence-electron chi connectivity index (χ3n) is 3.48. The van der Waals surface area contributed by atoms with Crippen LogP contribution in [0.5, 0.6) is 0 Å². The van der Waals surface area contributed by atoms with E-state index in [2.05, 4.69) is 23.6 Å². The quantitative estimate of drug-likeness (QED) is 0.655. The molecule has 0 amide bonds. The minimum Gasteiger partial charge on any atom is -0.271 e. The van der Waals surface area contributed by atoms with Gasteiger partial charge in [-0.05, 0) is 43.9 Å². The standard InChI is InChI=1S/C17H20F2N2/c1-11-5-12(2)7-13(6-11)8-16(21-20)9-14-3-4-15(18)10-17(14)19/h3-7,10,16,21H,8-9,20H2,1-2H3. The van der Waals surface area contributed by atoms with E-state index >= 15 is 0 Å². The Morgan fingerprint density at radius 1 is 1.00 bits per heavy atom. The molecule has 0 bridgehead atoms. The number of nitrogens with two attached hydrogens (primary N) is 1. The van der Waals surface area contributed by atoms with Crippen molar-refractivity contribution in [2.75, 3.05) is 0 Å². The Kier molecular flexibility index (Phi) is 5.04. The summed E-state index contributed by atoms with van der Waals surface area (Å²) in [5.41, 5.74) is 6.71. The van der Waals surface area contributed by atoms with Crippen LogP contribution >= 0.6 is 0 Å². The maximum atomic E-state index is 13.7. The molecular formula is C17H20F2N2. The van der Waals surface area contributed by atoms with Crippen LogP contribution in [0.3, 0.4) is 0 Å². The molecule has 3 N–H and O–H groups in total. The molecule has 0 heterocycles. The van der Waals surface area contributed by atoms with Crippen molar-refractivity contribution < 1.29 is 8.78 Å². The fourth-order valence-electron chi connectivity index (χ4n) is 2.61. The predicted octanol–water partition coefficient (Wildman–Crippen LogP) is 3.20. The van der Waals surface area contributed by atoms with Gasteiger partial charge in [0, 0.05) is 12.1 Å². The van der Waals surface area contributed by atoms with Crippen LogP contribution in [0.15, 0.2) is 36.4 Å². The summed E-state index contributed by atoms with van der Waals surface area (Å²) >= 11 is 0. The summed E-state index contributed by atoms with van der Waals surface area (Å²) in [6.07, 6.45) is 1.10. The summed E-state index contributed by atoms with van der Waals surface area (Å²) in [5, 5.41) is 0. The lowest BCUT2D eigenvalue weighted by atomic mass is 9.97. The van der Waals surface area contributed by atoms with E-state index in [1.54, 1.807) is 0 Å². The third kappa shape index (κ3) is 4.34. The Morgan fingerprint density at radius 3 is 2.24 bits per heavy atom. The Hall–Kier alpha value is -1.78. The van der Waals surface area contributed by atoms with Gasteiger partial charge in [0.15, 0.2) is 0 Å². The number of hydrogen-bond donors (Lipinski definition) is 2. The zero-order valence-electron chi connectivity index (χ0n) is 12.3. The van der Waals surface area contributed by atoms with E-state index in [4.69, 9.17) is 5.84 Å². The lowest BCUT2D eigenvalue weighted by Crippen LogP contribution is -2.38. The van der Waals surface area contributed by atoms with Crippen molar-refractivity contribution >= 4 is 0 Å². The van der Waals surface area contributed by atoms with Gasteiger partial charge in [0.05, 0.1) is 0 Å². The molecule has 2 rings (SSSR count). The van der Waals surface area contributed by atoms with Gasteiger partial charge in [-0.15, -0.1) is 0 Å². The minimum absolute atomic E-state index is 0.105. The van der Waals surface area contributed by atoms with E-state index in [9.17, 15) is 8.78 Å². The Balaban J connectivity index is 2.12. The lowest BCUT2D eigenvalue weighted by molar-refractivity contribution is 0.502.